The lowest BCUT2D eigenvalue weighted by Crippen LogP contribution is -2.00. The molecule has 0 saturated carbocycles. The van der Waals surface area contributed by atoms with Crippen LogP contribution in [0.25, 0.3) is 0 Å². The molecule has 1 N–H and O–H groups in total. The highest BCUT2D eigenvalue weighted by Gasteiger charge is 2.09. The van der Waals surface area contributed by atoms with E-state index in [-0.39, 0.29) is 5.01 Å². The predicted octanol–water partition coefficient (Wildman–Crippen LogP) is 2.98. The van der Waals surface area contributed by atoms with Crippen molar-refractivity contribution in [3.63, 3.8) is 0 Å². The van der Waals surface area contributed by atoms with Crippen molar-refractivity contribution in [2.45, 2.75) is 20.0 Å². The van der Waals surface area contributed by atoms with Gasteiger partial charge in [0.1, 0.15) is 12.4 Å². The standard InChI is InChI=1S/C13H13NO3S/c1-2-9-5-3-4-6-11(9)17-7-10-8-18-12(14-10)13(15)16/h3-6,8H,2,7H2,1H3,(H,15,16). The van der Waals surface area contributed by atoms with Crippen LogP contribution in [0, 0.1) is 0 Å². The van der Waals surface area contributed by atoms with Crippen LogP contribution in [0.4, 0.5) is 0 Å². The number of hydrogen-bond acceptors (Lipinski definition) is 4. The molecule has 0 amide bonds. The van der Waals surface area contributed by atoms with Gasteiger partial charge in [-0.1, -0.05) is 25.1 Å². The van der Waals surface area contributed by atoms with Crippen molar-refractivity contribution in [3.05, 3.63) is 45.9 Å². The maximum absolute atomic E-state index is 10.7. The number of carboxylic acid groups (broad SMARTS) is 1. The third-order valence-corrected chi connectivity index (χ3v) is 3.34. The number of aryl methyl sites for hydroxylation is 1. The first-order chi connectivity index (χ1) is 8.70. The summed E-state index contributed by atoms with van der Waals surface area (Å²) in [6.45, 7) is 2.36. The Morgan fingerprint density at radius 1 is 1.44 bits per heavy atom. The Balaban J connectivity index is 2.04. The smallest absolute Gasteiger partial charge is 0.365 e. The third-order valence-electron chi connectivity index (χ3n) is 2.46. The Labute approximate surface area is 109 Å². The summed E-state index contributed by atoms with van der Waals surface area (Å²) < 4.78 is 5.66. The monoisotopic (exact) mass is 263 g/mol. The third kappa shape index (κ3) is 2.87. The second-order valence-corrected chi connectivity index (χ2v) is 4.56. The fourth-order valence-electron chi connectivity index (χ4n) is 1.56. The number of benzene rings is 1. The van der Waals surface area contributed by atoms with Crippen molar-refractivity contribution in [1.82, 2.24) is 4.98 Å². The molecule has 18 heavy (non-hydrogen) atoms. The Kier molecular flexibility index (Phi) is 3.94. The van der Waals surface area contributed by atoms with E-state index in [1.54, 1.807) is 5.38 Å². The highest BCUT2D eigenvalue weighted by molar-refractivity contribution is 7.11. The molecule has 0 fully saturated rings. The van der Waals surface area contributed by atoms with Gasteiger partial charge in [-0.05, 0) is 18.1 Å². The number of rotatable bonds is 5. The fourth-order valence-corrected chi connectivity index (χ4v) is 2.20. The summed E-state index contributed by atoms with van der Waals surface area (Å²) in [7, 11) is 0. The molecule has 0 bridgehead atoms. The van der Waals surface area contributed by atoms with Crippen molar-refractivity contribution in [3.8, 4) is 5.75 Å². The molecule has 0 atom stereocenters. The van der Waals surface area contributed by atoms with Crippen molar-refractivity contribution in [2.24, 2.45) is 0 Å². The highest BCUT2D eigenvalue weighted by Crippen LogP contribution is 2.20. The number of carbonyl (C=O) groups is 1. The summed E-state index contributed by atoms with van der Waals surface area (Å²) in [5.41, 5.74) is 1.77. The summed E-state index contributed by atoms with van der Waals surface area (Å²) in [5, 5.41) is 10.6. The van der Waals surface area contributed by atoms with Gasteiger partial charge in [0.05, 0.1) is 5.69 Å². The van der Waals surface area contributed by atoms with Gasteiger partial charge in [0.15, 0.2) is 0 Å². The van der Waals surface area contributed by atoms with Gasteiger partial charge in [-0.25, -0.2) is 9.78 Å². The minimum Gasteiger partial charge on any atom is -0.487 e. The number of nitrogens with zero attached hydrogens (tertiary/aromatic N) is 1. The van der Waals surface area contributed by atoms with Crippen LogP contribution in [0.1, 0.15) is 28.0 Å². The molecule has 2 aromatic rings. The molecule has 5 heteroatoms. The summed E-state index contributed by atoms with van der Waals surface area (Å²) in [6, 6.07) is 7.80. The number of aromatic nitrogens is 1. The van der Waals surface area contributed by atoms with Gasteiger partial charge in [0.25, 0.3) is 0 Å². The van der Waals surface area contributed by atoms with Gasteiger partial charge in [0, 0.05) is 5.38 Å². The zero-order valence-electron chi connectivity index (χ0n) is 9.92. The molecule has 1 aromatic heterocycles. The average molecular weight is 263 g/mol. The van der Waals surface area contributed by atoms with Crippen molar-refractivity contribution in [1.29, 1.82) is 0 Å². The number of aromatic carboxylic acids is 1. The van der Waals surface area contributed by atoms with Crippen molar-refractivity contribution >= 4 is 17.3 Å². The zero-order chi connectivity index (χ0) is 13.0. The Morgan fingerprint density at radius 3 is 2.89 bits per heavy atom. The summed E-state index contributed by atoms with van der Waals surface area (Å²) in [4.78, 5) is 14.7. The molecule has 0 spiro atoms. The molecule has 1 aromatic carbocycles. The van der Waals surface area contributed by atoms with Crippen LogP contribution in [0.3, 0.4) is 0 Å². The predicted molar refractivity (Wildman–Crippen MR) is 69.2 cm³/mol. The zero-order valence-corrected chi connectivity index (χ0v) is 10.7. The topological polar surface area (TPSA) is 59.4 Å². The van der Waals surface area contributed by atoms with Crippen molar-refractivity contribution < 1.29 is 14.6 Å². The molecule has 0 aliphatic heterocycles. The normalized spacial score (nSPS) is 10.3. The molecular formula is C13H13NO3S. The first-order valence-corrected chi connectivity index (χ1v) is 6.47. The molecule has 94 valence electrons. The number of ether oxygens (including phenoxy) is 1. The molecule has 0 radical (unpaired) electrons. The summed E-state index contributed by atoms with van der Waals surface area (Å²) >= 11 is 1.11. The van der Waals surface area contributed by atoms with Gasteiger partial charge in [-0.15, -0.1) is 11.3 Å². The number of carboxylic acids is 1. The molecule has 0 aliphatic carbocycles. The maximum Gasteiger partial charge on any atom is 0.365 e. The van der Waals surface area contributed by atoms with Gasteiger partial charge in [-0.3, -0.25) is 0 Å². The van der Waals surface area contributed by atoms with E-state index in [0.717, 1.165) is 29.1 Å². The molecule has 0 aliphatic rings. The van der Waals surface area contributed by atoms with E-state index in [2.05, 4.69) is 11.9 Å². The Morgan fingerprint density at radius 2 is 2.22 bits per heavy atom. The van der Waals surface area contributed by atoms with Crippen LogP contribution in [0.5, 0.6) is 5.75 Å². The van der Waals surface area contributed by atoms with Crippen molar-refractivity contribution in [2.75, 3.05) is 0 Å². The lowest BCUT2D eigenvalue weighted by molar-refractivity contribution is 0.0696. The van der Waals surface area contributed by atoms with Crippen LogP contribution in [0.15, 0.2) is 29.6 Å². The quantitative estimate of drug-likeness (QED) is 0.901. The van der Waals surface area contributed by atoms with E-state index in [1.807, 2.05) is 24.3 Å². The minimum atomic E-state index is -1.000. The minimum absolute atomic E-state index is 0.0948. The van der Waals surface area contributed by atoms with Crippen LogP contribution in [0.2, 0.25) is 0 Å². The lowest BCUT2D eigenvalue weighted by Gasteiger charge is -2.08. The van der Waals surface area contributed by atoms with Crippen LogP contribution in [-0.2, 0) is 13.0 Å². The van der Waals surface area contributed by atoms with Gasteiger partial charge in [0.2, 0.25) is 5.01 Å². The second-order valence-electron chi connectivity index (χ2n) is 3.70. The molecular weight excluding hydrogens is 250 g/mol. The van der Waals surface area contributed by atoms with Crippen LogP contribution in [-0.4, -0.2) is 16.1 Å². The first kappa shape index (κ1) is 12.6. The molecule has 2 rings (SSSR count). The van der Waals surface area contributed by atoms with E-state index in [9.17, 15) is 4.79 Å². The summed E-state index contributed by atoms with van der Waals surface area (Å²) in [5.74, 6) is -0.176. The maximum atomic E-state index is 10.7. The largest absolute Gasteiger partial charge is 0.487 e. The van der Waals surface area contributed by atoms with E-state index in [1.165, 1.54) is 0 Å². The molecule has 0 unspecified atom stereocenters. The van der Waals surface area contributed by atoms with Crippen LogP contribution < -0.4 is 4.74 Å². The Hall–Kier alpha value is -1.88. The average Bonchev–Trinajstić information content (AvgIpc) is 2.85. The number of thiazole rings is 1. The highest BCUT2D eigenvalue weighted by atomic mass is 32.1. The van der Waals surface area contributed by atoms with E-state index < -0.39 is 5.97 Å². The van der Waals surface area contributed by atoms with Gasteiger partial charge < -0.3 is 9.84 Å². The molecule has 1 heterocycles. The summed E-state index contributed by atoms with van der Waals surface area (Å²) in [6.07, 6.45) is 0.896. The number of hydrogen-bond donors (Lipinski definition) is 1. The van der Waals surface area contributed by atoms with Gasteiger partial charge in [-0.2, -0.15) is 0 Å². The van der Waals surface area contributed by atoms with Crippen LogP contribution >= 0.6 is 11.3 Å². The van der Waals surface area contributed by atoms with E-state index in [0.29, 0.717) is 12.3 Å². The SMILES string of the molecule is CCc1ccccc1OCc1csc(C(=O)O)n1. The Bertz CT molecular complexity index is 551. The van der Waals surface area contributed by atoms with Gasteiger partial charge >= 0.3 is 5.97 Å². The lowest BCUT2D eigenvalue weighted by atomic mass is 10.1. The first-order valence-electron chi connectivity index (χ1n) is 5.59. The molecule has 4 nitrogen and oxygen atoms in total. The van der Waals surface area contributed by atoms with E-state index >= 15 is 0 Å². The number of para-hydroxylation sites is 1. The van der Waals surface area contributed by atoms with E-state index in [4.69, 9.17) is 9.84 Å². The fraction of sp³-hybridized carbons (Fsp3) is 0.231. The second kappa shape index (κ2) is 5.64. The molecule has 0 saturated heterocycles.